The van der Waals surface area contributed by atoms with Gasteiger partial charge in [-0.2, -0.15) is 0 Å². The number of nitrogens with one attached hydrogen (secondary N) is 1. The van der Waals surface area contributed by atoms with E-state index in [0.29, 0.717) is 16.6 Å². The van der Waals surface area contributed by atoms with Crippen LogP contribution in [0.25, 0.3) is 11.0 Å². The minimum absolute atomic E-state index is 0.0110. The van der Waals surface area contributed by atoms with Gasteiger partial charge in [-0.05, 0) is 36.8 Å². The summed E-state index contributed by atoms with van der Waals surface area (Å²) in [6, 6.07) is 13.3. The topological polar surface area (TPSA) is 46.9 Å². The van der Waals surface area contributed by atoms with Gasteiger partial charge in [-0.15, -0.1) is 0 Å². The molecule has 0 bridgehead atoms. The Morgan fingerprint density at radius 3 is 2.52 bits per heavy atom. The Labute approximate surface area is 169 Å². The summed E-state index contributed by atoms with van der Waals surface area (Å²) in [5.41, 5.74) is 2.46. The van der Waals surface area contributed by atoms with E-state index in [-0.39, 0.29) is 11.9 Å². The van der Waals surface area contributed by atoms with Crippen molar-refractivity contribution in [2.75, 3.05) is 0 Å². The predicted molar refractivity (Wildman–Crippen MR) is 111 cm³/mol. The molecular formula is C21H23Cl2N3O. The lowest BCUT2D eigenvalue weighted by Crippen LogP contribution is -2.37. The molecule has 0 saturated heterocycles. The fraction of sp³-hybridized carbons (Fsp3) is 0.333. The molecule has 0 aliphatic rings. The average Bonchev–Trinajstić information content (AvgIpc) is 2.96. The summed E-state index contributed by atoms with van der Waals surface area (Å²) in [6.45, 7) is 8.23. The first kappa shape index (κ1) is 19.7. The van der Waals surface area contributed by atoms with Gasteiger partial charge >= 0.3 is 0 Å². The molecule has 1 unspecified atom stereocenters. The maximum absolute atomic E-state index is 12.4. The standard InChI is InChI=1S/C21H23Cl2N3O/c1-13(24-20(27)21(2,3)4)19-25-17-7-5-6-8-18(17)26(19)12-14-9-10-15(22)16(23)11-14/h5-11,13H,12H2,1-4H3,(H,24,27). The Morgan fingerprint density at radius 1 is 1.15 bits per heavy atom. The zero-order chi connectivity index (χ0) is 19.8. The maximum atomic E-state index is 12.4. The molecule has 4 nitrogen and oxygen atoms in total. The monoisotopic (exact) mass is 403 g/mol. The minimum Gasteiger partial charge on any atom is -0.346 e. The van der Waals surface area contributed by atoms with Crippen LogP contribution < -0.4 is 5.32 Å². The first-order chi connectivity index (χ1) is 12.7. The first-order valence-electron chi connectivity index (χ1n) is 8.87. The third kappa shape index (κ3) is 4.28. The van der Waals surface area contributed by atoms with Crippen molar-refractivity contribution in [1.29, 1.82) is 0 Å². The second-order valence-electron chi connectivity index (χ2n) is 7.74. The highest BCUT2D eigenvalue weighted by Gasteiger charge is 2.25. The van der Waals surface area contributed by atoms with Crippen molar-refractivity contribution in [3.05, 3.63) is 63.9 Å². The van der Waals surface area contributed by atoms with Crippen LogP contribution in [0.15, 0.2) is 42.5 Å². The molecule has 3 rings (SSSR count). The number of halogens is 2. The quantitative estimate of drug-likeness (QED) is 0.614. The van der Waals surface area contributed by atoms with Crippen LogP contribution in [0.2, 0.25) is 10.0 Å². The molecule has 0 spiro atoms. The van der Waals surface area contributed by atoms with E-state index in [1.165, 1.54) is 0 Å². The SMILES string of the molecule is CC(NC(=O)C(C)(C)C)c1nc2ccccc2n1Cc1ccc(Cl)c(Cl)c1. The van der Waals surface area contributed by atoms with Crippen LogP contribution in [-0.4, -0.2) is 15.5 Å². The van der Waals surface area contributed by atoms with E-state index >= 15 is 0 Å². The highest BCUT2D eigenvalue weighted by molar-refractivity contribution is 6.42. The summed E-state index contributed by atoms with van der Waals surface area (Å²) >= 11 is 12.2. The van der Waals surface area contributed by atoms with Gasteiger partial charge in [-0.1, -0.05) is 62.2 Å². The molecule has 1 heterocycles. The van der Waals surface area contributed by atoms with Crippen LogP contribution in [-0.2, 0) is 11.3 Å². The number of carbonyl (C=O) groups excluding carboxylic acids is 1. The molecule has 0 aliphatic heterocycles. The maximum Gasteiger partial charge on any atom is 0.225 e. The van der Waals surface area contributed by atoms with Gasteiger partial charge in [0.1, 0.15) is 5.82 Å². The van der Waals surface area contributed by atoms with E-state index in [4.69, 9.17) is 28.2 Å². The number of hydrogen-bond acceptors (Lipinski definition) is 2. The van der Waals surface area contributed by atoms with E-state index in [9.17, 15) is 4.79 Å². The number of benzene rings is 2. The van der Waals surface area contributed by atoms with Gasteiger partial charge < -0.3 is 9.88 Å². The fourth-order valence-electron chi connectivity index (χ4n) is 2.89. The number of fused-ring (bicyclic) bond motifs is 1. The van der Waals surface area contributed by atoms with Crippen LogP contribution in [0, 0.1) is 5.41 Å². The molecule has 0 fully saturated rings. The number of aromatic nitrogens is 2. The number of hydrogen-bond donors (Lipinski definition) is 1. The molecule has 0 radical (unpaired) electrons. The number of carbonyl (C=O) groups is 1. The molecule has 27 heavy (non-hydrogen) atoms. The smallest absolute Gasteiger partial charge is 0.225 e. The van der Waals surface area contributed by atoms with Gasteiger partial charge in [0.05, 0.1) is 27.1 Å². The summed E-state index contributed by atoms with van der Waals surface area (Å²) in [6.07, 6.45) is 0. The van der Waals surface area contributed by atoms with Crippen LogP contribution >= 0.6 is 23.2 Å². The zero-order valence-corrected chi connectivity index (χ0v) is 17.4. The Balaban J connectivity index is 2.01. The fourth-order valence-corrected chi connectivity index (χ4v) is 3.21. The van der Waals surface area contributed by atoms with Gasteiger partial charge in [0.2, 0.25) is 5.91 Å². The van der Waals surface area contributed by atoms with E-state index in [2.05, 4.69) is 9.88 Å². The summed E-state index contributed by atoms with van der Waals surface area (Å²) in [5.74, 6) is 0.794. The second kappa shape index (κ2) is 7.53. The van der Waals surface area contributed by atoms with Crippen LogP contribution in [0.1, 0.15) is 45.1 Å². The summed E-state index contributed by atoms with van der Waals surface area (Å²) < 4.78 is 2.11. The van der Waals surface area contributed by atoms with Crippen molar-refractivity contribution in [3.8, 4) is 0 Å². The zero-order valence-electron chi connectivity index (χ0n) is 15.9. The van der Waals surface area contributed by atoms with Crippen LogP contribution in [0.5, 0.6) is 0 Å². The highest BCUT2D eigenvalue weighted by Crippen LogP contribution is 2.26. The van der Waals surface area contributed by atoms with Gasteiger partial charge in [0, 0.05) is 12.0 Å². The van der Waals surface area contributed by atoms with Crippen molar-refractivity contribution in [1.82, 2.24) is 14.9 Å². The molecule has 1 aromatic heterocycles. The lowest BCUT2D eigenvalue weighted by molar-refractivity contribution is -0.129. The van der Waals surface area contributed by atoms with Gasteiger partial charge in [-0.3, -0.25) is 4.79 Å². The molecule has 1 amide bonds. The van der Waals surface area contributed by atoms with Crippen molar-refractivity contribution in [2.24, 2.45) is 5.41 Å². The number of imidazole rings is 1. The van der Waals surface area contributed by atoms with Gasteiger partial charge in [0.15, 0.2) is 0 Å². The third-order valence-corrected chi connectivity index (χ3v) is 5.16. The summed E-state index contributed by atoms with van der Waals surface area (Å²) in [7, 11) is 0. The summed E-state index contributed by atoms with van der Waals surface area (Å²) in [5, 5.41) is 4.13. The van der Waals surface area contributed by atoms with E-state index in [1.54, 1.807) is 6.07 Å². The average molecular weight is 404 g/mol. The molecule has 3 aromatic rings. The molecule has 0 aliphatic carbocycles. The molecule has 1 N–H and O–H groups in total. The van der Waals surface area contributed by atoms with Crippen molar-refractivity contribution < 1.29 is 4.79 Å². The molecule has 1 atom stereocenters. The lowest BCUT2D eigenvalue weighted by Gasteiger charge is -2.22. The van der Waals surface area contributed by atoms with E-state index in [1.807, 2.05) is 64.1 Å². The third-order valence-electron chi connectivity index (χ3n) is 4.42. The number of nitrogens with zero attached hydrogens (tertiary/aromatic N) is 2. The number of amides is 1. The van der Waals surface area contributed by atoms with Gasteiger partial charge in [0.25, 0.3) is 0 Å². The lowest BCUT2D eigenvalue weighted by atomic mass is 9.95. The second-order valence-corrected chi connectivity index (χ2v) is 8.55. The van der Waals surface area contributed by atoms with Crippen molar-refractivity contribution in [3.63, 3.8) is 0 Å². The van der Waals surface area contributed by atoms with Crippen molar-refractivity contribution in [2.45, 2.75) is 40.3 Å². The molecule has 142 valence electrons. The van der Waals surface area contributed by atoms with E-state index in [0.717, 1.165) is 22.4 Å². The minimum atomic E-state index is -0.463. The number of rotatable bonds is 4. The Kier molecular flexibility index (Phi) is 5.50. The van der Waals surface area contributed by atoms with Gasteiger partial charge in [-0.25, -0.2) is 4.98 Å². The van der Waals surface area contributed by atoms with E-state index < -0.39 is 5.41 Å². The van der Waals surface area contributed by atoms with Crippen LogP contribution in [0.4, 0.5) is 0 Å². The largest absolute Gasteiger partial charge is 0.346 e. The highest BCUT2D eigenvalue weighted by atomic mass is 35.5. The normalized spacial score (nSPS) is 13.0. The predicted octanol–water partition coefficient (Wildman–Crippen LogP) is 5.61. The Morgan fingerprint density at radius 2 is 1.85 bits per heavy atom. The Bertz CT molecular complexity index is 989. The molecule has 0 saturated carbocycles. The number of para-hydroxylation sites is 2. The first-order valence-corrected chi connectivity index (χ1v) is 9.62. The van der Waals surface area contributed by atoms with Crippen molar-refractivity contribution >= 4 is 40.1 Å². The molecule has 6 heteroatoms. The molecular weight excluding hydrogens is 381 g/mol. The summed E-state index contributed by atoms with van der Waals surface area (Å²) in [4.78, 5) is 17.2. The molecule has 2 aromatic carbocycles. The van der Waals surface area contributed by atoms with Crippen LogP contribution in [0.3, 0.4) is 0 Å². The Hall–Kier alpha value is -2.04.